The normalized spacial score (nSPS) is 20.2. The van der Waals surface area contributed by atoms with Crippen LogP contribution in [-0.4, -0.2) is 48.1 Å². The lowest BCUT2D eigenvalue weighted by molar-refractivity contribution is -0.141. The fourth-order valence-corrected chi connectivity index (χ4v) is 2.94. The topological polar surface area (TPSA) is 83.6 Å². The molecule has 7 nitrogen and oxygen atoms in total. The SMILES string of the molecule is COc1cc(C(F)(F)F)ncc1NC(=O)NC[C@@H]1CC(=O)N(C2CC2)C1. The number of urea groups is 1. The summed E-state index contributed by atoms with van der Waals surface area (Å²) in [4.78, 5) is 29.0. The zero-order chi connectivity index (χ0) is 18.9. The lowest BCUT2D eigenvalue weighted by atomic mass is 10.1. The van der Waals surface area contributed by atoms with Crippen molar-refractivity contribution in [2.45, 2.75) is 31.5 Å². The summed E-state index contributed by atoms with van der Waals surface area (Å²) in [6.45, 7) is 0.923. The summed E-state index contributed by atoms with van der Waals surface area (Å²) in [5, 5.41) is 5.05. The molecule has 0 spiro atoms. The highest BCUT2D eigenvalue weighted by Gasteiger charge is 2.39. The average molecular weight is 372 g/mol. The highest BCUT2D eigenvalue weighted by atomic mass is 19.4. The van der Waals surface area contributed by atoms with Crippen LogP contribution in [0.5, 0.6) is 5.75 Å². The summed E-state index contributed by atoms with van der Waals surface area (Å²) >= 11 is 0. The molecule has 1 saturated heterocycles. The molecule has 3 amide bonds. The Hall–Kier alpha value is -2.52. The van der Waals surface area contributed by atoms with Gasteiger partial charge in [-0.2, -0.15) is 13.2 Å². The fourth-order valence-electron chi connectivity index (χ4n) is 2.94. The van der Waals surface area contributed by atoms with Gasteiger partial charge in [-0.05, 0) is 12.8 Å². The molecule has 0 aromatic carbocycles. The molecular weight excluding hydrogens is 353 g/mol. The number of ether oxygens (including phenoxy) is 1. The molecule has 1 saturated carbocycles. The van der Waals surface area contributed by atoms with Crippen molar-refractivity contribution in [2.75, 3.05) is 25.5 Å². The molecule has 0 bridgehead atoms. The lowest BCUT2D eigenvalue weighted by Gasteiger charge is -2.16. The van der Waals surface area contributed by atoms with Crippen LogP contribution in [0.15, 0.2) is 12.3 Å². The maximum absolute atomic E-state index is 12.7. The van der Waals surface area contributed by atoms with Crippen LogP contribution >= 0.6 is 0 Å². The van der Waals surface area contributed by atoms with Gasteiger partial charge in [0.05, 0.1) is 13.3 Å². The van der Waals surface area contributed by atoms with Crippen molar-refractivity contribution in [3.63, 3.8) is 0 Å². The van der Waals surface area contributed by atoms with Gasteiger partial charge in [0.15, 0.2) is 0 Å². The van der Waals surface area contributed by atoms with Gasteiger partial charge in [-0.3, -0.25) is 4.79 Å². The van der Waals surface area contributed by atoms with Crippen LogP contribution in [0, 0.1) is 5.92 Å². The number of hydrogen-bond acceptors (Lipinski definition) is 4. The first kappa shape index (κ1) is 18.3. The van der Waals surface area contributed by atoms with E-state index in [1.54, 1.807) is 0 Å². The number of halogens is 3. The molecule has 26 heavy (non-hydrogen) atoms. The first-order valence-corrected chi connectivity index (χ1v) is 8.23. The first-order valence-electron chi connectivity index (χ1n) is 8.23. The highest BCUT2D eigenvalue weighted by molar-refractivity contribution is 5.90. The third kappa shape index (κ3) is 4.17. The summed E-state index contributed by atoms with van der Waals surface area (Å²) < 4.78 is 42.9. The molecule has 142 valence electrons. The van der Waals surface area contributed by atoms with Gasteiger partial charge in [-0.1, -0.05) is 0 Å². The van der Waals surface area contributed by atoms with Crippen LogP contribution < -0.4 is 15.4 Å². The summed E-state index contributed by atoms with van der Waals surface area (Å²) in [6, 6.07) is 0.477. The average Bonchev–Trinajstić information content (AvgIpc) is 3.35. The summed E-state index contributed by atoms with van der Waals surface area (Å²) in [5.74, 6) is -0.00628. The third-order valence-corrected chi connectivity index (χ3v) is 4.40. The van der Waals surface area contributed by atoms with E-state index in [0.717, 1.165) is 25.1 Å². The van der Waals surface area contributed by atoms with Gasteiger partial charge in [0, 0.05) is 37.5 Å². The number of alkyl halides is 3. The molecule has 1 aliphatic carbocycles. The van der Waals surface area contributed by atoms with Crippen LogP contribution in [0.25, 0.3) is 0 Å². The van der Waals surface area contributed by atoms with E-state index in [4.69, 9.17) is 4.74 Å². The van der Waals surface area contributed by atoms with E-state index >= 15 is 0 Å². The van der Waals surface area contributed by atoms with E-state index in [2.05, 4.69) is 15.6 Å². The number of nitrogens with one attached hydrogen (secondary N) is 2. The molecule has 0 unspecified atom stereocenters. The van der Waals surface area contributed by atoms with E-state index in [1.807, 2.05) is 4.90 Å². The van der Waals surface area contributed by atoms with Crippen molar-refractivity contribution in [2.24, 2.45) is 5.92 Å². The van der Waals surface area contributed by atoms with Gasteiger partial charge < -0.3 is 20.3 Å². The molecule has 2 aliphatic rings. The summed E-state index contributed by atoms with van der Waals surface area (Å²) in [7, 11) is 1.20. The van der Waals surface area contributed by atoms with Gasteiger partial charge in [0.1, 0.15) is 17.1 Å². The smallest absolute Gasteiger partial charge is 0.433 e. The molecule has 1 aromatic heterocycles. The molecular formula is C16H19F3N4O3. The lowest BCUT2D eigenvalue weighted by Crippen LogP contribution is -2.34. The number of likely N-dealkylation sites (tertiary alicyclic amines) is 1. The number of rotatable bonds is 5. The number of pyridine rings is 1. The quantitative estimate of drug-likeness (QED) is 0.830. The number of aromatic nitrogens is 1. The van der Waals surface area contributed by atoms with Crippen molar-refractivity contribution in [1.82, 2.24) is 15.2 Å². The number of nitrogens with zero attached hydrogens (tertiary/aromatic N) is 2. The predicted molar refractivity (Wildman–Crippen MR) is 85.7 cm³/mol. The largest absolute Gasteiger partial charge is 0.494 e. The van der Waals surface area contributed by atoms with E-state index in [0.29, 0.717) is 25.6 Å². The standard InChI is InChI=1S/C16H19F3N4O3/c1-26-12-5-13(16(17,18)19)20-7-11(12)22-15(25)21-6-9-4-14(24)23(8-9)10-2-3-10/h5,7,9-10H,2-4,6,8H2,1H3,(H2,21,22,25)/t9-/m0/s1. The summed E-state index contributed by atoms with van der Waals surface area (Å²) in [5.41, 5.74) is -1.08. The highest BCUT2D eigenvalue weighted by Crippen LogP contribution is 2.33. The molecule has 2 heterocycles. The molecule has 0 radical (unpaired) electrons. The third-order valence-electron chi connectivity index (χ3n) is 4.40. The van der Waals surface area contributed by atoms with Crippen LogP contribution in [0.4, 0.5) is 23.7 Å². The van der Waals surface area contributed by atoms with Crippen LogP contribution in [0.2, 0.25) is 0 Å². The van der Waals surface area contributed by atoms with Gasteiger partial charge in [0.25, 0.3) is 0 Å². The number of methoxy groups -OCH3 is 1. The van der Waals surface area contributed by atoms with Crippen LogP contribution in [0.3, 0.4) is 0 Å². The van der Waals surface area contributed by atoms with Crippen molar-refractivity contribution in [3.8, 4) is 5.75 Å². The van der Waals surface area contributed by atoms with E-state index in [9.17, 15) is 22.8 Å². The van der Waals surface area contributed by atoms with Crippen molar-refractivity contribution in [3.05, 3.63) is 18.0 Å². The number of carbonyl (C=O) groups excluding carboxylic acids is 2. The Bertz CT molecular complexity index is 706. The fraction of sp³-hybridized carbons (Fsp3) is 0.562. The maximum atomic E-state index is 12.7. The van der Waals surface area contributed by atoms with Gasteiger partial charge in [-0.15, -0.1) is 0 Å². The zero-order valence-corrected chi connectivity index (χ0v) is 14.1. The minimum atomic E-state index is -4.60. The number of amides is 3. The number of anilines is 1. The second kappa shape index (κ2) is 7.00. The molecule has 1 aliphatic heterocycles. The second-order valence-electron chi connectivity index (χ2n) is 6.45. The minimum absolute atomic E-state index is 0.0279. The Kier molecular flexibility index (Phi) is 4.92. The zero-order valence-electron chi connectivity index (χ0n) is 14.1. The van der Waals surface area contributed by atoms with Crippen LogP contribution in [-0.2, 0) is 11.0 Å². The molecule has 2 fully saturated rings. The van der Waals surface area contributed by atoms with Crippen molar-refractivity contribution < 1.29 is 27.5 Å². The molecule has 1 aromatic rings. The van der Waals surface area contributed by atoms with Gasteiger partial charge in [-0.25, -0.2) is 9.78 Å². The Balaban J connectivity index is 1.54. The molecule has 3 rings (SSSR count). The Morgan fingerprint density at radius 2 is 2.15 bits per heavy atom. The Morgan fingerprint density at radius 1 is 1.42 bits per heavy atom. The second-order valence-corrected chi connectivity index (χ2v) is 6.45. The van der Waals surface area contributed by atoms with Gasteiger partial charge in [0.2, 0.25) is 5.91 Å². The Labute approximate surface area is 147 Å². The van der Waals surface area contributed by atoms with Crippen molar-refractivity contribution in [1.29, 1.82) is 0 Å². The molecule has 2 N–H and O–H groups in total. The maximum Gasteiger partial charge on any atom is 0.433 e. The predicted octanol–water partition coefficient (Wildman–Crippen LogP) is 2.24. The summed E-state index contributed by atoms with van der Waals surface area (Å²) in [6.07, 6.45) is -1.24. The Morgan fingerprint density at radius 3 is 2.77 bits per heavy atom. The van der Waals surface area contributed by atoms with E-state index in [-0.39, 0.29) is 23.3 Å². The number of carbonyl (C=O) groups is 2. The first-order chi connectivity index (χ1) is 12.3. The van der Waals surface area contributed by atoms with E-state index in [1.165, 1.54) is 7.11 Å². The minimum Gasteiger partial charge on any atom is -0.494 e. The van der Waals surface area contributed by atoms with Crippen LogP contribution in [0.1, 0.15) is 25.0 Å². The number of hydrogen-bond donors (Lipinski definition) is 2. The van der Waals surface area contributed by atoms with Crippen molar-refractivity contribution >= 4 is 17.6 Å². The monoisotopic (exact) mass is 372 g/mol. The van der Waals surface area contributed by atoms with Gasteiger partial charge >= 0.3 is 12.2 Å². The molecule has 10 heteroatoms. The molecule has 1 atom stereocenters. The van der Waals surface area contributed by atoms with E-state index < -0.39 is 17.9 Å².